The molecule has 218 valence electrons. The van der Waals surface area contributed by atoms with Crippen molar-refractivity contribution in [1.82, 2.24) is 5.32 Å². The molecule has 0 bridgehead atoms. The first-order valence-electron chi connectivity index (χ1n) is 14.6. The number of carboxylic acid groups (broad SMARTS) is 2. The summed E-state index contributed by atoms with van der Waals surface area (Å²) in [5.74, 6) is -1.09. The molecule has 1 amide bonds. The number of hydrogen-bond acceptors (Lipinski definition) is 6. The number of nitrogens with two attached hydrogens (primary N) is 1. The molecule has 0 aromatic rings. The third-order valence-electron chi connectivity index (χ3n) is 6.54. The predicted molar refractivity (Wildman–Crippen MR) is 158 cm³/mol. The standard InChI is InChI=1S/C28H54N2O5S2/c1-2-3-4-5-6-7-8-9-10-11-12-13-14-15-16-17-18-19-26(31)30-25(28(34)35)21-23-37-36-22-20-24(29)27(32)33/h24-25H,2-23,29H2,1H3,(H,30,31)(H,32,33)(H,34,35). The highest BCUT2D eigenvalue weighted by molar-refractivity contribution is 8.76. The summed E-state index contributed by atoms with van der Waals surface area (Å²) >= 11 is 0. The molecule has 0 aromatic heterocycles. The number of amides is 1. The van der Waals surface area contributed by atoms with Crippen molar-refractivity contribution in [3.8, 4) is 0 Å². The lowest BCUT2D eigenvalue weighted by Crippen LogP contribution is -2.41. The third-order valence-corrected chi connectivity index (χ3v) is 9.01. The molecular formula is C28H54N2O5S2. The molecule has 0 saturated carbocycles. The highest BCUT2D eigenvalue weighted by Crippen LogP contribution is 2.23. The summed E-state index contributed by atoms with van der Waals surface area (Å²) < 4.78 is 0. The van der Waals surface area contributed by atoms with Crippen molar-refractivity contribution in [1.29, 1.82) is 0 Å². The van der Waals surface area contributed by atoms with Gasteiger partial charge in [-0.3, -0.25) is 9.59 Å². The minimum atomic E-state index is -1.02. The van der Waals surface area contributed by atoms with E-state index in [1.54, 1.807) is 0 Å². The molecule has 37 heavy (non-hydrogen) atoms. The summed E-state index contributed by atoms with van der Waals surface area (Å²) in [6, 6.07) is -1.75. The van der Waals surface area contributed by atoms with Crippen molar-refractivity contribution >= 4 is 39.4 Å². The van der Waals surface area contributed by atoms with E-state index in [0.29, 0.717) is 30.8 Å². The second-order valence-corrected chi connectivity index (χ2v) is 12.7. The fraction of sp³-hybridized carbons (Fsp3) is 0.893. The highest BCUT2D eigenvalue weighted by atomic mass is 33.1. The van der Waals surface area contributed by atoms with Gasteiger partial charge in [0.2, 0.25) is 5.91 Å². The van der Waals surface area contributed by atoms with Crippen LogP contribution in [0.25, 0.3) is 0 Å². The molecule has 0 aliphatic heterocycles. The summed E-state index contributed by atoms with van der Waals surface area (Å²) in [6.45, 7) is 2.26. The first-order valence-corrected chi connectivity index (χ1v) is 17.1. The molecule has 0 aliphatic rings. The Morgan fingerprint density at radius 3 is 1.46 bits per heavy atom. The van der Waals surface area contributed by atoms with Crippen LogP contribution in [0.4, 0.5) is 0 Å². The number of unbranched alkanes of at least 4 members (excludes halogenated alkanes) is 16. The maximum absolute atomic E-state index is 12.1. The fourth-order valence-electron chi connectivity index (χ4n) is 4.12. The average Bonchev–Trinajstić information content (AvgIpc) is 2.86. The SMILES string of the molecule is CCCCCCCCCCCCCCCCCCCC(=O)NC(CCSSCCC(N)C(=O)O)C(=O)O. The molecule has 0 aromatic carbocycles. The maximum Gasteiger partial charge on any atom is 0.326 e. The van der Waals surface area contributed by atoms with E-state index in [-0.39, 0.29) is 5.91 Å². The normalized spacial score (nSPS) is 12.8. The van der Waals surface area contributed by atoms with Crippen LogP contribution in [-0.2, 0) is 14.4 Å². The summed E-state index contributed by atoms with van der Waals surface area (Å²) in [7, 11) is 2.95. The van der Waals surface area contributed by atoms with Gasteiger partial charge in [0.15, 0.2) is 0 Å². The van der Waals surface area contributed by atoms with E-state index in [4.69, 9.17) is 10.8 Å². The van der Waals surface area contributed by atoms with E-state index in [1.807, 2.05) is 0 Å². The molecular weight excluding hydrogens is 508 g/mol. The van der Waals surface area contributed by atoms with E-state index in [2.05, 4.69) is 12.2 Å². The molecule has 2 atom stereocenters. The van der Waals surface area contributed by atoms with Crippen molar-refractivity contribution in [3.05, 3.63) is 0 Å². The van der Waals surface area contributed by atoms with Gasteiger partial charge in [-0.2, -0.15) is 0 Å². The van der Waals surface area contributed by atoms with Gasteiger partial charge in [-0.25, -0.2) is 4.79 Å². The summed E-state index contributed by atoms with van der Waals surface area (Å²) in [4.78, 5) is 34.3. The average molecular weight is 563 g/mol. The molecule has 0 fully saturated rings. The molecule has 0 radical (unpaired) electrons. The number of carbonyl (C=O) groups is 3. The second-order valence-electron chi connectivity index (χ2n) is 10.0. The fourth-order valence-corrected chi connectivity index (χ4v) is 6.32. The Morgan fingerprint density at radius 2 is 1.05 bits per heavy atom. The van der Waals surface area contributed by atoms with Crippen molar-refractivity contribution in [2.24, 2.45) is 5.73 Å². The zero-order valence-corrected chi connectivity index (χ0v) is 24.9. The number of hydrogen-bond donors (Lipinski definition) is 4. The minimum Gasteiger partial charge on any atom is -0.480 e. The van der Waals surface area contributed by atoms with Crippen molar-refractivity contribution < 1.29 is 24.6 Å². The lowest BCUT2D eigenvalue weighted by molar-refractivity contribution is -0.142. The van der Waals surface area contributed by atoms with Crippen LogP contribution in [0, 0.1) is 0 Å². The minimum absolute atomic E-state index is 0.196. The first-order chi connectivity index (χ1) is 17.9. The summed E-state index contributed by atoms with van der Waals surface area (Å²) in [5.41, 5.74) is 5.45. The molecule has 5 N–H and O–H groups in total. The Hall–Kier alpha value is -0.930. The van der Waals surface area contributed by atoms with Gasteiger partial charge in [-0.1, -0.05) is 131 Å². The largest absolute Gasteiger partial charge is 0.480 e. The monoisotopic (exact) mass is 562 g/mol. The van der Waals surface area contributed by atoms with Crippen LogP contribution in [0.15, 0.2) is 0 Å². The molecule has 0 rings (SSSR count). The lowest BCUT2D eigenvalue weighted by Gasteiger charge is -2.14. The van der Waals surface area contributed by atoms with Crippen molar-refractivity contribution in [2.45, 2.75) is 147 Å². The van der Waals surface area contributed by atoms with Gasteiger partial charge in [0.1, 0.15) is 12.1 Å². The van der Waals surface area contributed by atoms with Crippen molar-refractivity contribution in [2.75, 3.05) is 11.5 Å². The van der Waals surface area contributed by atoms with E-state index in [9.17, 15) is 19.5 Å². The van der Waals surface area contributed by atoms with Gasteiger partial charge in [0.05, 0.1) is 0 Å². The molecule has 7 nitrogen and oxygen atoms in total. The number of nitrogens with one attached hydrogen (secondary N) is 1. The third kappa shape index (κ3) is 25.1. The Balaban J connectivity index is 3.55. The quantitative estimate of drug-likeness (QED) is 0.0583. The van der Waals surface area contributed by atoms with Gasteiger partial charge in [0.25, 0.3) is 0 Å². The number of aliphatic carboxylic acids is 2. The van der Waals surface area contributed by atoms with E-state index in [1.165, 1.54) is 111 Å². The number of carboxylic acids is 2. The van der Waals surface area contributed by atoms with Crippen LogP contribution in [0.1, 0.15) is 135 Å². The first kappa shape index (κ1) is 36.1. The van der Waals surface area contributed by atoms with Gasteiger partial charge in [-0.05, 0) is 19.3 Å². The molecule has 0 aliphatic carbocycles. The van der Waals surface area contributed by atoms with Crippen LogP contribution in [0.3, 0.4) is 0 Å². The molecule has 9 heteroatoms. The van der Waals surface area contributed by atoms with Gasteiger partial charge in [-0.15, -0.1) is 0 Å². The zero-order chi connectivity index (χ0) is 27.6. The second kappa shape index (κ2) is 26.7. The summed E-state index contributed by atoms with van der Waals surface area (Å²) in [5, 5.41) is 20.8. The van der Waals surface area contributed by atoms with E-state index in [0.717, 1.165) is 19.3 Å². The lowest BCUT2D eigenvalue weighted by atomic mass is 10.0. The van der Waals surface area contributed by atoms with Crippen LogP contribution in [-0.4, -0.2) is 51.6 Å². The van der Waals surface area contributed by atoms with Crippen molar-refractivity contribution in [3.63, 3.8) is 0 Å². The van der Waals surface area contributed by atoms with Gasteiger partial charge < -0.3 is 21.3 Å². The molecule has 0 spiro atoms. The summed E-state index contributed by atoms with van der Waals surface area (Å²) in [6.07, 6.45) is 23.0. The predicted octanol–water partition coefficient (Wildman–Crippen LogP) is 7.17. The molecule has 0 heterocycles. The zero-order valence-electron chi connectivity index (χ0n) is 23.2. The van der Waals surface area contributed by atoms with Gasteiger partial charge >= 0.3 is 11.9 Å². The Labute approximate surface area is 233 Å². The van der Waals surface area contributed by atoms with Gasteiger partial charge in [0, 0.05) is 17.9 Å². The van der Waals surface area contributed by atoms with E-state index < -0.39 is 24.0 Å². The Kier molecular flexibility index (Phi) is 26.0. The topological polar surface area (TPSA) is 130 Å². The Morgan fingerprint density at radius 1 is 0.649 bits per heavy atom. The van der Waals surface area contributed by atoms with Crippen LogP contribution < -0.4 is 11.1 Å². The highest BCUT2D eigenvalue weighted by Gasteiger charge is 2.19. The van der Waals surface area contributed by atoms with E-state index >= 15 is 0 Å². The maximum atomic E-state index is 12.1. The van der Waals surface area contributed by atoms with Crippen LogP contribution >= 0.6 is 21.6 Å². The number of rotatable bonds is 28. The van der Waals surface area contributed by atoms with Crippen LogP contribution in [0.5, 0.6) is 0 Å². The molecule has 2 unspecified atom stereocenters. The Bertz CT molecular complexity index is 581. The molecule has 0 saturated heterocycles. The number of carbonyl (C=O) groups excluding carboxylic acids is 1. The smallest absolute Gasteiger partial charge is 0.326 e. The van der Waals surface area contributed by atoms with Crippen LogP contribution in [0.2, 0.25) is 0 Å².